The second kappa shape index (κ2) is 8.85. The minimum Gasteiger partial charge on any atom is -0.433 e. The van der Waals surface area contributed by atoms with Crippen molar-refractivity contribution in [2.45, 2.75) is 6.42 Å². The lowest BCUT2D eigenvalue weighted by atomic mass is 9.99. The largest absolute Gasteiger partial charge is 0.433 e. The highest BCUT2D eigenvalue weighted by Gasteiger charge is 2.28. The van der Waals surface area contributed by atoms with Gasteiger partial charge in [0, 0.05) is 23.1 Å². The van der Waals surface area contributed by atoms with Crippen LogP contribution in [0, 0.1) is 0 Å². The molecule has 1 amide bonds. The Morgan fingerprint density at radius 1 is 0.875 bits per heavy atom. The predicted molar refractivity (Wildman–Crippen MR) is 130 cm³/mol. The molecule has 0 bridgehead atoms. The van der Waals surface area contributed by atoms with Gasteiger partial charge in [-0.05, 0) is 23.4 Å². The summed E-state index contributed by atoms with van der Waals surface area (Å²) in [6.07, 6.45) is 0.330. The van der Waals surface area contributed by atoms with Crippen molar-refractivity contribution in [1.82, 2.24) is 0 Å². The van der Waals surface area contributed by atoms with Crippen LogP contribution in [0.1, 0.15) is 16.7 Å². The van der Waals surface area contributed by atoms with Gasteiger partial charge in [0.05, 0.1) is 17.1 Å². The van der Waals surface area contributed by atoms with Crippen LogP contribution in [0.5, 0.6) is 0 Å². The van der Waals surface area contributed by atoms with Crippen molar-refractivity contribution in [2.24, 2.45) is 4.99 Å². The Bertz CT molecular complexity index is 1260. The fourth-order valence-electron chi connectivity index (χ4n) is 4.26. The van der Waals surface area contributed by atoms with Gasteiger partial charge in [0.2, 0.25) is 0 Å². The zero-order chi connectivity index (χ0) is 21.9. The van der Waals surface area contributed by atoms with E-state index < -0.39 is 6.09 Å². The van der Waals surface area contributed by atoms with E-state index >= 15 is 0 Å². The molecule has 4 nitrogen and oxygen atoms in total. The molecule has 0 spiro atoms. The van der Waals surface area contributed by atoms with E-state index in [0.717, 1.165) is 51.0 Å². The van der Waals surface area contributed by atoms with Gasteiger partial charge in [-0.3, -0.25) is 4.90 Å². The van der Waals surface area contributed by atoms with E-state index in [4.69, 9.17) is 21.3 Å². The molecule has 4 aromatic carbocycles. The number of carbonyl (C=O) groups excluding carboxylic acids is 1. The van der Waals surface area contributed by atoms with E-state index in [2.05, 4.69) is 36.4 Å². The van der Waals surface area contributed by atoms with Gasteiger partial charge < -0.3 is 4.74 Å². The number of nitrogens with zero attached hydrogens (tertiary/aromatic N) is 2. The average Bonchev–Trinajstić information content (AvgIpc) is 3.28. The van der Waals surface area contributed by atoms with E-state index in [-0.39, 0.29) is 6.07 Å². The molecule has 0 saturated heterocycles. The van der Waals surface area contributed by atoms with E-state index in [9.17, 15) is 4.79 Å². The summed E-state index contributed by atoms with van der Waals surface area (Å²) in [4.78, 5) is 19.3. The molecule has 0 fully saturated rings. The molecule has 4 aromatic rings. The van der Waals surface area contributed by atoms with Crippen LogP contribution >= 0.6 is 11.6 Å². The lowest BCUT2D eigenvalue weighted by Crippen LogP contribution is -2.29. The summed E-state index contributed by atoms with van der Waals surface area (Å²) in [5.74, 6) is 0. The molecule has 0 aromatic heterocycles. The van der Waals surface area contributed by atoms with Crippen LogP contribution in [0.3, 0.4) is 0 Å². The van der Waals surface area contributed by atoms with E-state index in [1.165, 1.54) is 0 Å². The van der Waals surface area contributed by atoms with E-state index in [0.29, 0.717) is 6.54 Å². The normalized spacial score (nSPS) is 12.5. The molecule has 158 valence electrons. The first-order valence-electron chi connectivity index (χ1n) is 10.5. The molecule has 1 aliphatic heterocycles. The molecule has 0 unspecified atom stereocenters. The lowest BCUT2D eigenvalue weighted by Gasteiger charge is -2.18. The maximum Gasteiger partial charge on any atom is 0.415 e. The Morgan fingerprint density at radius 2 is 1.47 bits per heavy atom. The van der Waals surface area contributed by atoms with Gasteiger partial charge in [0.15, 0.2) is 6.07 Å². The summed E-state index contributed by atoms with van der Waals surface area (Å²) in [5.41, 5.74) is 5.71. The van der Waals surface area contributed by atoms with Crippen LogP contribution in [0.15, 0.2) is 96.0 Å². The Morgan fingerprint density at radius 3 is 2.09 bits per heavy atom. The zero-order valence-electron chi connectivity index (χ0n) is 17.4. The summed E-state index contributed by atoms with van der Waals surface area (Å²) >= 11 is 5.64. The topological polar surface area (TPSA) is 41.9 Å². The SMILES string of the molecule is O=C(OCCl)N1CCc2c1cc(N=C(c1ccccc1)c1ccccc1)c1ccccc21. The first-order valence-corrected chi connectivity index (χ1v) is 11.0. The highest BCUT2D eigenvalue weighted by molar-refractivity contribution is 6.18. The van der Waals surface area contributed by atoms with Gasteiger partial charge in [-0.2, -0.15) is 0 Å². The Balaban J connectivity index is 1.74. The average molecular weight is 441 g/mol. The van der Waals surface area contributed by atoms with Gasteiger partial charge >= 0.3 is 6.09 Å². The van der Waals surface area contributed by atoms with Crippen molar-refractivity contribution < 1.29 is 9.53 Å². The molecule has 5 heteroatoms. The van der Waals surface area contributed by atoms with Crippen molar-refractivity contribution in [1.29, 1.82) is 0 Å². The molecule has 0 atom stereocenters. The molecule has 1 aliphatic rings. The third-order valence-corrected chi connectivity index (χ3v) is 5.82. The molecule has 0 saturated carbocycles. The molecule has 5 rings (SSSR count). The number of aliphatic imine (C=N–C) groups is 1. The molecule has 0 aliphatic carbocycles. The molecule has 1 heterocycles. The number of hydrogen-bond donors (Lipinski definition) is 0. The third-order valence-electron chi connectivity index (χ3n) is 5.71. The number of benzene rings is 4. The summed E-state index contributed by atoms with van der Waals surface area (Å²) < 4.78 is 5.07. The van der Waals surface area contributed by atoms with Crippen LogP contribution in [-0.4, -0.2) is 24.4 Å². The molecule has 0 N–H and O–H groups in total. The smallest absolute Gasteiger partial charge is 0.415 e. The van der Waals surface area contributed by atoms with Crippen LogP contribution in [0.4, 0.5) is 16.2 Å². The number of fused-ring (bicyclic) bond motifs is 3. The maximum atomic E-state index is 12.5. The molecular formula is C27H21ClN2O2. The number of amides is 1. The van der Waals surface area contributed by atoms with Crippen molar-refractivity contribution >= 4 is 45.6 Å². The molecule has 32 heavy (non-hydrogen) atoms. The second-order valence-corrected chi connectivity index (χ2v) is 7.77. The number of halogens is 1. The van der Waals surface area contributed by atoms with Crippen molar-refractivity contribution in [2.75, 3.05) is 17.5 Å². The van der Waals surface area contributed by atoms with Gasteiger partial charge in [-0.25, -0.2) is 9.79 Å². The fraction of sp³-hybridized carbons (Fsp3) is 0.111. The van der Waals surface area contributed by atoms with Gasteiger partial charge in [0.1, 0.15) is 0 Å². The predicted octanol–water partition coefficient (Wildman–Crippen LogP) is 6.70. The number of anilines is 1. The van der Waals surface area contributed by atoms with Gasteiger partial charge in [-0.1, -0.05) is 96.5 Å². The van der Waals surface area contributed by atoms with E-state index in [1.807, 2.05) is 54.6 Å². The van der Waals surface area contributed by atoms with Gasteiger partial charge in [0.25, 0.3) is 0 Å². The highest BCUT2D eigenvalue weighted by Crippen LogP contribution is 2.40. The summed E-state index contributed by atoms with van der Waals surface area (Å²) in [6.45, 7) is 0.562. The quantitative estimate of drug-likeness (QED) is 0.261. The summed E-state index contributed by atoms with van der Waals surface area (Å²) in [5, 5.41) is 2.16. The van der Waals surface area contributed by atoms with Crippen LogP contribution in [-0.2, 0) is 11.2 Å². The van der Waals surface area contributed by atoms with Crippen molar-refractivity contribution in [3.8, 4) is 0 Å². The number of hydrogen-bond acceptors (Lipinski definition) is 3. The monoisotopic (exact) mass is 440 g/mol. The Labute approximate surface area is 191 Å². The molecule has 0 radical (unpaired) electrons. The second-order valence-electron chi connectivity index (χ2n) is 7.55. The fourth-order valence-corrected chi connectivity index (χ4v) is 4.36. The molecular weight excluding hydrogens is 420 g/mol. The highest BCUT2D eigenvalue weighted by atomic mass is 35.5. The standard InChI is InChI=1S/C27H21ClN2O2/c28-18-32-27(31)30-16-15-23-21-13-7-8-14-22(21)24(17-25(23)30)29-26(19-9-3-1-4-10-19)20-11-5-2-6-12-20/h1-14,17H,15-16,18H2. The first-order chi connectivity index (χ1) is 15.8. The zero-order valence-corrected chi connectivity index (χ0v) is 18.1. The minimum absolute atomic E-state index is 0.171. The Kier molecular flexibility index (Phi) is 5.61. The third kappa shape index (κ3) is 3.74. The number of alkyl halides is 1. The first kappa shape index (κ1) is 20.3. The summed E-state index contributed by atoms with van der Waals surface area (Å²) in [6, 6.07) is 30.3. The maximum absolute atomic E-state index is 12.5. The van der Waals surface area contributed by atoms with Crippen molar-refractivity contribution in [3.05, 3.63) is 108 Å². The van der Waals surface area contributed by atoms with Crippen LogP contribution in [0.2, 0.25) is 0 Å². The van der Waals surface area contributed by atoms with E-state index in [1.54, 1.807) is 4.90 Å². The van der Waals surface area contributed by atoms with Crippen LogP contribution < -0.4 is 4.90 Å². The van der Waals surface area contributed by atoms with Crippen LogP contribution in [0.25, 0.3) is 10.8 Å². The number of rotatable bonds is 4. The number of ether oxygens (including phenoxy) is 1. The lowest BCUT2D eigenvalue weighted by molar-refractivity contribution is 0.173. The summed E-state index contributed by atoms with van der Waals surface area (Å²) in [7, 11) is 0. The minimum atomic E-state index is -0.435. The van der Waals surface area contributed by atoms with Crippen molar-refractivity contribution in [3.63, 3.8) is 0 Å². The number of carbonyl (C=O) groups is 1. The Hall–Kier alpha value is -3.63. The van der Waals surface area contributed by atoms with Gasteiger partial charge in [-0.15, -0.1) is 0 Å².